The number of amides is 2. The molecule has 41 heavy (non-hydrogen) atoms. The van der Waals surface area contributed by atoms with E-state index < -0.39 is 0 Å². The van der Waals surface area contributed by atoms with Crippen molar-refractivity contribution in [1.82, 2.24) is 9.80 Å². The summed E-state index contributed by atoms with van der Waals surface area (Å²) >= 11 is 28.5. The molecular formula is C24H22Br2N6O3S6. The molecule has 0 unspecified atom stereocenters. The van der Waals surface area contributed by atoms with Crippen LogP contribution in [0.4, 0.5) is 22.7 Å². The van der Waals surface area contributed by atoms with Gasteiger partial charge in [-0.1, -0.05) is 54.0 Å². The number of carbonyl (C=O) groups excluding carboxylic acids is 3. The molecule has 0 spiro atoms. The van der Waals surface area contributed by atoms with Crippen molar-refractivity contribution in [2.45, 2.75) is 13.8 Å². The molecule has 2 fully saturated rings. The number of nitrogen functional groups attached to an aromatic ring is 2. The van der Waals surface area contributed by atoms with E-state index in [0.29, 0.717) is 72.7 Å². The van der Waals surface area contributed by atoms with Gasteiger partial charge in [-0.3, -0.25) is 24.2 Å². The van der Waals surface area contributed by atoms with E-state index in [9.17, 15) is 14.4 Å². The van der Waals surface area contributed by atoms with Gasteiger partial charge >= 0.3 is 0 Å². The molecule has 2 aliphatic heterocycles. The van der Waals surface area contributed by atoms with E-state index in [1.54, 1.807) is 34.1 Å². The van der Waals surface area contributed by atoms with Gasteiger partial charge in [-0.05, 0) is 70.0 Å². The van der Waals surface area contributed by atoms with Crippen LogP contribution in [0.3, 0.4) is 0 Å². The molecule has 2 amide bonds. The summed E-state index contributed by atoms with van der Waals surface area (Å²) < 4.78 is 9.97. The van der Waals surface area contributed by atoms with Gasteiger partial charge in [0.25, 0.3) is 5.91 Å². The molecule has 2 aromatic rings. The van der Waals surface area contributed by atoms with Gasteiger partial charge in [0.2, 0.25) is 5.91 Å². The van der Waals surface area contributed by atoms with Crippen LogP contribution in [-0.2, 0) is 34.4 Å². The van der Waals surface area contributed by atoms with Gasteiger partial charge < -0.3 is 11.5 Å². The first-order valence-corrected chi connectivity index (χ1v) is 16.4. The summed E-state index contributed by atoms with van der Waals surface area (Å²) in [5, 5.41) is 0. The Labute approximate surface area is 284 Å². The number of thiocarbonyl (C=S) groups is 2. The Morgan fingerprint density at radius 1 is 0.902 bits per heavy atom. The Bertz CT molecular complexity index is 1440. The number of anilines is 2. The summed E-state index contributed by atoms with van der Waals surface area (Å²) in [7, 11) is 0. The zero-order chi connectivity index (χ0) is 30.9. The zero-order valence-corrected chi connectivity index (χ0v) is 29.5. The van der Waals surface area contributed by atoms with Gasteiger partial charge in [-0.25, -0.2) is 0 Å². The van der Waals surface area contributed by atoms with Gasteiger partial charge in [-0.15, -0.1) is 0 Å². The van der Waals surface area contributed by atoms with E-state index in [1.165, 1.54) is 23.5 Å². The summed E-state index contributed by atoms with van der Waals surface area (Å²) in [5.74, 6) is 0.582. The number of halogens is 2. The number of nitrogens with two attached hydrogens (primary N) is 2. The SMILES string of the molecule is CCN1C(=O)/C(=C\c2ccc(Br)c(N)c2N=S)SC1=S.CCN1C(=O)CSC1=S.Nc1c(Br)ccc(C=O)c1N=S. The molecule has 4 rings (SSSR count). The standard InChI is InChI=1S/C12H10BrN3OS3.C7H5BrN2OS.C5H7NOS2/c1-2-16-11(17)8(20-12(16)18)5-6-3-4-7(13)9(14)10(6)15-19;8-5-2-1-4(3-11)7(10-12)6(5)9;1-2-6-4(7)3-9-5(6)8/h3-5H,2,14H2,1H3;1-3H,9H2;2-3H2,1H3/b8-5+;;. The number of carbonyl (C=O) groups is 3. The number of likely N-dealkylation sites (N-methyl/N-ethyl adjacent to an activating group) is 1. The maximum atomic E-state index is 12.2. The van der Waals surface area contributed by atoms with Crippen molar-refractivity contribution < 1.29 is 14.4 Å². The van der Waals surface area contributed by atoms with Crippen molar-refractivity contribution in [1.29, 1.82) is 0 Å². The van der Waals surface area contributed by atoms with Gasteiger partial charge in [0, 0.05) is 58.0 Å². The minimum Gasteiger partial charge on any atom is -0.396 e. The van der Waals surface area contributed by atoms with Crippen molar-refractivity contribution in [3.8, 4) is 0 Å². The highest BCUT2D eigenvalue weighted by molar-refractivity contribution is 9.11. The average molecular weight is 795 g/mol. The monoisotopic (exact) mass is 792 g/mol. The van der Waals surface area contributed by atoms with Crippen LogP contribution in [0, 0.1) is 0 Å². The van der Waals surface area contributed by atoms with E-state index in [1.807, 2.05) is 19.9 Å². The molecule has 2 aromatic carbocycles. The average Bonchev–Trinajstić information content (AvgIpc) is 3.43. The van der Waals surface area contributed by atoms with Crippen molar-refractivity contribution in [3.63, 3.8) is 0 Å². The van der Waals surface area contributed by atoms with Gasteiger partial charge in [0.15, 0.2) is 6.29 Å². The zero-order valence-electron chi connectivity index (χ0n) is 21.5. The Morgan fingerprint density at radius 3 is 1.80 bits per heavy atom. The third-order valence-electron chi connectivity index (χ3n) is 5.33. The van der Waals surface area contributed by atoms with Crippen LogP contribution in [0.1, 0.15) is 29.8 Å². The third-order valence-corrected chi connectivity index (χ3v) is 9.89. The van der Waals surface area contributed by atoms with Crippen LogP contribution in [0.5, 0.6) is 0 Å². The molecule has 0 saturated carbocycles. The first-order chi connectivity index (χ1) is 19.4. The third kappa shape index (κ3) is 8.89. The topological polar surface area (TPSA) is 134 Å². The minimum atomic E-state index is -0.0979. The second-order valence-corrected chi connectivity index (χ2v) is 13.1. The molecule has 216 valence electrons. The lowest BCUT2D eigenvalue weighted by atomic mass is 10.1. The minimum absolute atomic E-state index is 0.0979. The summed E-state index contributed by atoms with van der Waals surface area (Å²) in [6.07, 6.45) is 2.40. The quantitative estimate of drug-likeness (QED) is 0.140. The number of aldehydes is 1. The lowest BCUT2D eigenvalue weighted by molar-refractivity contribution is -0.124. The first-order valence-electron chi connectivity index (χ1n) is 11.5. The van der Waals surface area contributed by atoms with E-state index >= 15 is 0 Å². The molecule has 9 nitrogen and oxygen atoms in total. The fourth-order valence-electron chi connectivity index (χ4n) is 3.22. The molecular weight excluding hydrogens is 773 g/mol. The van der Waals surface area contributed by atoms with E-state index in [-0.39, 0.29) is 11.8 Å². The highest BCUT2D eigenvalue weighted by Crippen LogP contribution is 2.38. The lowest BCUT2D eigenvalue weighted by Gasteiger charge is -2.09. The normalized spacial score (nSPS) is 15.4. The molecule has 0 bridgehead atoms. The second kappa shape index (κ2) is 16.8. The Balaban J connectivity index is 0.000000237. The molecule has 0 atom stereocenters. The number of rotatable bonds is 6. The number of thioether (sulfide) groups is 2. The second-order valence-electron chi connectivity index (χ2n) is 7.72. The molecule has 2 aliphatic rings. The summed E-state index contributed by atoms with van der Waals surface area (Å²) in [6, 6.07) is 6.90. The van der Waals surface area contributed by atoms with Crippen LogP contribution >= 0.6 is 79.8 Å². The Morgan fingerprint density at radius 2 is 1.41 bits per heavy atom. The fraction of sp³-hybridized carbons (Fsp3) is 0.208. The number of benzene rings is 2. The predicted octanol–water partition coefficient (Wildman–Crippen LogP) is 6.69. The predicted molar refractivity (Wildman–Crippen MR) is 189 cm³/mol. The maximum Gasteiger partial charge on any atom is 0.266 e. The summed E-state index contributed by atoms with van der Waals surface area (Å²) in [5.41, 5.74) is 14.3. The smallest absolute Gasteiger partial charge is 0.266 e. The van der Waals surface area contributed by atoms with Crippen molar-refractivity contribution in [3.05, 3.63) is 49.2 Å². The van der Waals surface area contributed by atoms with Crippen molar-refractivity contribution in [2.75, 3.05) is 30.3 Å². The lowest BCUT2D eigenvalue weighted by Crippen LogP contribution is -2.27. The van der Waals surface area contributed by atoms with Gasteiger partial charge in [-0.2, -0.15) is 8.73 Å². The van der Waals surface area contributed by atoms with Gasteiger partial charge in [0.1, 0.15) is 20.0 Å². The largest absolute Gasteiger partial charge is 0.396 e. The first kappa shape index (κ1) is 35.5. The van der Waals surface area contributed by atoms with Crippen molar-refractivity contribution in [2.24, 2.45) is 8.73 Å². The van der Waals surface area contributed by atoms with E-state index in [4.69, 9.17) is 48.3 Å². The molecule has 2 heterocycles. The highest BCUT2D eigenvalue weighted by atomic mass is 79.9. The summed E-state index contributed by atoms with van der Waals surface area (Å²) in [6.45, 7) is 5.08. The van der Waals surface area contributed by atoms with Gasteiger partial charge in [0.05, 0.1) is 22.0 Å². The Kier molecular flexibility index (Phi) is 14.5. The van der Waals surface area contributed by atoms with E-state index in [0.717, 1.165) is 8.79 Å². The van der Waals surface area contributed by atoms with Crippen LogP contribution < -0.4 is 11.5 Å². The highest BCUT2D eigenvalue weighted by Gasteiger charge is 2.31. The molecule has 2 saturated heterocycles. The maximum absolute atomic E-state index is 12.2. The molecule has 0 radical (unpaired) electrons. The molecule has 0 aromatic heterocycles. The fourth-order valence-corrected chi connectivity index (χ4v) is 6.84. The molecule has 0 aliphatic carbocycles. The van der Waals surface area contributed by atoms with Crippen molar-refractivity contribution >= 4 is 160 Å². The number of hydrogen-bond donors (Lipinski definition) is 2. The molecule has 17 heteroatoms. The Hall–Kier alpha value is -1.73. The van der Waals surface area contributed by atoms with Crippen LogP contribution in [0.25, 0.3) is 6.08 Å². The number of nitrogens with zero attached hydrogens (tertiary/aromatic N) is 4. The molecule has 4 N–H and O–H groups in total. The van der Waals surface area contributed by atoms with Crippen LogP contribution in [0.2, 0.25) is 0 Å². The van der Waals surface area contributed by atoms with Crippen LogP contribution in [0.15, 0.2) is 46.8 Å². The van der Waals surface area contributed by atoms with Crippen LogP contribution in [-0.4, -0.2) is 55.4 Å². The summed E-state index contributed by atoms with van der Waals surface area (Å²) in [4.78, 5) is 37.2. The van der Waals surface area contributed by atoms with E-state index in [2.05, 4.69) is 53.0 Å². The number of hydrogen-bond acceptors (Lipinski definition) is 13.